The number of hydrogen-bond donors (Lipinski definition) is 2. The molecular formula is C45H51ClF3N7O5S2. The van der Waals surface area contributed by atoms with Gasteiger partial charge in [-0.1, -0.05) is 78.3 Å². The van der Waals surface area contributed by atoms with E-state index in [0.717, 1.165) is 55.7 Å². The Morgan fingerprint density at radius 1 is 0.905 bits per heavy atom. The SMILES string of the molecule is CN(C)CC[C@H](COCc1ccccc1)Nc1ccc(S(=O)(=O)Nc2ncnc3c2CCN(C2CCN(Cc4ccccc4-c4ccc(Cl)cc4)CC2)C3)cc1S(=O)(=O)C(F)(F)F. The predicted octanol–water partition coefficient (Wildman–Crippen LogP) is 7.86. The number of sulfonamides is 1. The summed E-state index contributed by atoms with van der Waals surface area (Å²) >= 11 is 6.14. The number of sulfone groups is 1. The van der Waals surface area contributed by atoms with E-state index in [4.69, 9.17) is 16.3 Å². The lowest BCUT2D eigenvalue weighted by Crippen LogP contribution is -2.46. The molecule has 0 radical (unpaired) electrons. The summed E-state index contributed by atoms with van der Waals surface area (Å²) in [7, 11) is -6.99. The lowest BCUT2D eigenvalue weighted by atomic mass is 9.96. The number of likely N-dealkylation sites (tertiary alicyclic amines) is 1. The van der Waals surface area contributed by atoms with Crippen LogP contribution in [0.15, 0.2) is 113 Å². The number of aromatic nitrogens is 2. The molecule has 2 aliphatic heterocycles. The second-order valence-electron chi connectivity index (χ2n) is 16.2. The molecule has 0 unspecified atom stereocenters. The molecule has 5 aromatic rings. The van der Waals surface area contributed by atoms with Gasteiger partial charge in [-0.3, -0.25) is 14.5 Å². The molecule has 0 saturated carbocycles. The van der Waals surface area contributed by atoms with Gasteiger partial charge < -0.3 is 15.0 Å². The van der Waals surface area contributed by atoms with Crippen LogP contribution in [0.3, 0.4) is 0 Å². The van der Waals surface area contributed by atoms with E-state index >= 15 is 0 Å². The van der Waals surface area contributed by atoms with E-state index in [9.17, 15) is 30.0 Å². The zero-order chi connectivity index (χ0) is 44.8. The van der Waals surface area contributed by atoms with Crippen LogP contribution in [0.4, 0.5) is 24.7 Å². The number of fused-ring (bicyclic) bond motifs is 1. The van der Waals surface area contributed by atoms with Gasteiger partial charge in [-0.05, 0) is 112 Å². The van der Waals surface area contributed by atoms with Crippen molar-refractivity contribution in [3.8, 4) is 11.1 Å². The summed E-state index contributed by atoms with van der Waals surface area (Å²) in [6.07, 6.45) is 3.94. The Balaban J connectivity index is 1.03. The number of piperidine rings is 1. The summed E-state index contributed by atoms with van der Waals surface area (Å²) in [5.41, 5.74) is -0.462. The van der Waals surface area contributed by atoms with Gasteiger partial charge in [0.05, 0.1) is 35.5 Å². The van der Waals surface area contributed by atoms with E-state index in [-0.39, 0.29) is 25.1 Å². The van der Waals surface area contributed by atoms with Gasteiger partial charge in [0.25, 0.3) is 19.9 Å². The van der Waals surface area contributed by atoms with Crippen molar-refractivity contribution in [1.82, 2.24) is 24.7 Å². The second-order valence-corrected chi connectivity index (χ2v) is 20.2. The number of ether oxygens (including phenoxy) is 1. The molecule has 1 atom stereocenters. The third kappa shape index (κ3) is 11.6. The fraction of sp³-hybridized carbons (Fsp3) is 0.378. The first kappa shape index (κ1) is 46.4. The third-order valence-electron chi connectivity index (χ3n) is 11.5. The Morgan fingerprint density at radius 2 is 1.62 bits per heavy atom. The third-order valence-corrected chi connectivity index (χ3v) is 14.6. The van der Waals surface area contributed by atoms with Crippen LogP contribution in [0.2, 0.25) is 5.02 Å². The highest BCUT2D eigenvalue weighted by molar-refractivity contribution is 7.93. The lowest BCUT2D eigenvalue weighted by Gasteiger charge is -2.40. The average molecular weight is 927 g/mol. The molecule has 4 aromatic carbocycles. The molecule has 3 heterocycles. The van der Waals surface area contributed by atoms with E-state index in [1.165, 1.54) is 17.5 Å². The van der Waals surface area contributed by atoms with Gasteiger partial charge in [0.1, 0.15) is 17.0 Å². The minimum absolute atomic E-state index is 0.00411. The number of nitrogens with zero attached hydrogens (tertiary/aromatic N) is 5. The number of halogens is 4. The maximum absolute atomic E-state index is 14.2. The Kier molecular flexibility index (Phi) is 14.8. The number of rotatable bonds is 17. The normalized spacial score (nSPS) is 16.2. The Hall–Kier alpha value is -4.62. The molecule has 336 valence electrons. The van der Waals surface area contributed by atoms with E-state index in [0.29, 0.717) is 54.8 Å². The predicted molar refractivity (Wildman–Crippen MR) is 239 cm³/mol. The first-order chi connectivity index (χ1) is 30.1. The summed E-state index contributed by atoms with van der Waals surface area (Å²) < 4.78 is 105. The highest BCUT2D eigenvalue weighted by atomic mass is 35.5. The van der Waals surface area contributed by atoms with Crippen molar-refractivity contribution in [2.45, 2.75) is 72.8 Å². The minimum atomic E-state index is -6.01. The Labute approximate surface area is 372 Å². The maximum Gasteiger partial charge on any atom is 0.501 e. The molecule has 1 aromatic heterocycles. The Morgan fingerprint density at radius 3 is 2.33 bits per heavy atom. The molecule has 18 heteroatoms. The molecule has 2 N–H and O–H groups in total. The van der Waals surface area contributed by atoms with Crippen LogP contribution < -0.4 is 10.0 Å². The molecule has 0 amide bonds. The van der Waals surface area contributed by atoms with Gasteiger partial charge in [0.2, 0.25) is 0 Å². The van der Waals surface area contributed by atoms with Gasteiger partial charge in [0, 0.05) is 36.3 Å². The van der Waals surface area contributed by atoms with E-state index in [1.54, 1.807) is 0 Å². The van der Waals surface area contributed by atoms with E-state index in [2.05, 4.69) is 48.0 Å². The van der Waals surface area contributed by atoms with Gasteiger partial charge in [-0.15, -0.1) is 0 Å². The maximum atomic E-state index is 14.2. The van der Waals surface area contributed by atoms with Gasteiger partial charge >= 0.3 is 5.51 Å². The summed E-state index contributed by atoms with van der Waals surface area (Å²) in [6.45, 7) is 4.47. The molecule has 0 bridgehead atoms. The van der Waals surface area contributed by atoms with Crippen molar-refractivity contribution in [1.29, 1.82) is 0 Å². The van der Waals surface area contributed by atoms with Crippen molar-refractivity contribution in [3.05, 3.63) is 131 Å². The standard InChI is InChI=1S/C45H51ClF3N7O5S2/c1-54(2)22-18-36(30-61-29-32-8-4-3-5-9-32)52-41-17-16-38(26-43(41)62(57,58)45(47,48)49)63(59,60)53-44-40-21-25-56(28-42(40)50-31-51-44)37-19-23-55(24-20-37)27-34-10-6-7-11-39(34)33-12-14-35(46)15-13-33/h3-17,26,31,36-37,52H,18-25,27-30H2,1-2H3,(H,50,51,53)/t36-/m1/s1. The van der Waals surface area contributed by atoms with Crippen molar-refractivity contribution in [2.75, 3.05) is 56.9 Å². The van der Waals surface area contributed by atoms with Crippen LogP contribution >= 0.6 is 11.6 Å². The molecule has 12 nitrogen and oxygen atoms in total. The monoisotopic (exact) mass is 925 g/mol. The first-order valence-corrected chi connectivity index (χ1v) is 24.1. The van der Waals surface area contributed by atoms with Crippen LogP contribution in [0.1, 0.15) is 41.6 Å². The van der Waals surface area contributed by atoms with Gasteiger partial charge in [0.15, 0.2) is 0 Å². The van der Waals surface area contributed by atoms with Crippen LogP contribution in [-0.2, 0) is 50.7 Å². The lowest BCUT2D eigenvalue weighted by molar-refractivity contribution is -0.0435. The number of hydrogen-bond acceptors (Lipinski definition) is 11. The van der Waals surface area contributed by atoms with Crippen LogP contribution in [0.5, 0.6) is 0 Å². The molecule has 0 spiro atoms. The fourth-order valence-corrected chi connectivity index (χ4v) is 10.3. The van der Waals surface area contributed by atoms with Crippen molar-refractivity contribution < 1.29 is 34.7 Å². The zero-order valence-corrected chi connectivity index (χ0v) is 37.4. The van der Waals surface area contributed by atoms with Crippen LogP contribution in [0.25, 0.3) is 11.1 Å². The smallest absolute Gasteiger partial charge is 0.379 e. The highest BCUT2D eigenvalue weighted by Crippen LogP contribution is 2.37. The summed E-state index contributed by atoms with van der Waals surface area (Å²) in [4.78, 5) is 13.5. The largest absolute Gasteiger partial charge is 0.501 e. The zero-order valence-electron chi connectivity index (χ0n) is 35.1. The fourth-order valence-electron chi connectivity index (χ4n) is 8.07. The highest BCUT2D eigenvalue weighted by Gasteiger charge is 2.48. The van der Waals surface area contributed by atoms with Crippen LogP contribution in [-0.4, -0.2) is 106 Å². The average Bonchev–Trinajstić information content (AvgIpc) is 3.26. The van der Waals surface area contributed by atoms with Gasteiger partial charge in [-0.2, -0.15) is 13.2 Å². The topological polar surface area (TPSA) is 137 Å². The van der Waals surface area contributed by atoms with Crippen molar-refractivity contribution >= 4 is 43.0 Å². The van der Waals surface area contributed by atoms with E-state index < -0.39 is 46.9 Å². The number of alkyl halides is 3. The van der Waals surface area contributed by atoms with Crippen molar-refractivity contribution in [3.63, 3.8) is 0 Å². The summed E-state index contributed by atoms with van der Waals surface area (Å²) in [5, 5.41) is 3.61. The second kappa shape index (κ2) is 20.0. The summed E-state index contributed by atoms with van der Waals surface area (Å²) in [5.74, 6) is -0.00411. The number of anilines is 2. The summed E-state index contributed by atoms with van der Waals surface area (Å²) in [6, 6.07) is 27.9. The first-order valence-electron chi connectivity index (χ1n) is 20.7. The molecule has 1 fully saturated rings. The molecule has 2 aliphatic rings. The molecule has 1 saturated heterocycles. The number of nitrogens with one attached hydrogen (secondary N) is 2. The molecule has 0 aliphatic carbocycles. The molecule has 7 rings (SSSR count). The molecular weight excluding hydrogens is 875 g/mol. The van der Waals surface area contributed by atoms with Crippen LogP contribution in [0, 0.1) is 0 Å². The van der Waals surface area contributed by atoms with Gasteiger partial charge in [-0.25, -0.2) is 26.8 Å². The van der Waals surface area contributed by atoms with Crippen molar-refractivity contribution in [2.24, 2.45) is 0 Å². The number of benzene rings is 4. The van der Waals surface area contributed by atoms with E-state index in [1.807, 2.05) is 79.7 Å². The Bertz CT molecular complexity index is 2560. The minimum Gasteiger partial charge on any atom is -0.379 e. The molecule has 63 heavy (non-hydrogen) atoms. The quantitative estimate of drug-likeness (QED) is 0.0944.